The molecule has 0 aliphatic carbocycles. The maximum atomic E-state index is 13.6. The minimum atomic E-state index is -0.311. The van der Waals surface area contributed by atoms with Gasteiger partial charge in [0.05, 0.1) is 0 Å². The van der Waals surface area contributed by atoms with Crippen LogP contribution in [0.1, 0.15) is 19.8 Å². The van der Waals surface area contributed by atoms with Gasteiger partial charge >= 0.3 is 0 Å². The van der Waals surface area contributed by atoms with Crippen LogP contribution in [0.3, 0.4) is 0 Å². The molecule has 1 fully saturated rings. The first-order chi connectivity index (χ1) is 7.59. The molecule has 0 atom stereocenters. The van der Waals surface area contributed by atoms with Gasteiger partial charge in [0.25, 0.3) is 0 Å². The number of ether oxygens (including phenoxy) is 1. The fourth-order valence-electron chi connectivity index (χ4n) is 1.88. The van der Waals surface area contributed by atoms with E-state index < -0.39 is 0 Å². The van der Waals surface area contributed by atoms with E-state index in [2.05, 4.69) is 21.2 Å². The van der Waals surface area contributed by atoms with Crippen molar-refractivity contribution in [1.29, 1.82) is 0 Å². The lowest BCUT2D eigenvalue weighted by Crippen LogP contribution is -2.44. The Morgan fingerprint density at radius 3 is 2.69 bits per heavy atom. The van der Waals surface area contributed by atoms with Crippen molar-refractivity contribution in [2.24, 2.45) is 0 Å². The number of nitrogens with one attached hydrogen (secondary N) is 1. The van der Waals surface area contributed by atoms with Crippen LogP contribution in [0.25, 0.3) is 0 Å². The minimum Gasteiger partial charge on any atom is -0.484 e. The molecule has 1 aromatic rings. The van der Waals surface area contributed by atoms with Crippen LogP contribution in [0.4, 0.5) is 4.39 Å². The molecule has 1 aliphatic heterocycles. The zero-order valence-electron chi connectivity index (χ0n) is 9.22. The topological polar surface area (TPSA) is 21.3 Å². The molecule has 1 N–H and O–H groups in total. The zero-order chi connectivity index (χ0) is 11.6. The summed E-state index contributed by atoms with van der Waals surface area (Å²) in [6.45, 7) is 3.89. The van der Waals surface area contributed by atoms with E-state index in [1.807, 2.05) is 6.92 Å². The predicted molar refractivity (Wildman–Crippen MR) is 65.2 cm³/mol. The van der Waals surface area contributed by atoms with Gasteiger partial charge in [0.2, 0.25) is 0 Å². The van der Waals surface area contributed by atoms with Crippen LogP contribution >= 0.6 is 15.9 Å². The number of hydrogen-bond acceptors (Lipinski definition) is 2. The maximum Gasteiger partial charge on any atom is 0.166 e. The summed E-state index contributed by atoms with van der Waals surface area (Å²) in [6, 6.07) is 4.90. The van der Waals surface area contributed by atoms with E-state index in [0.29, 0.717) is 5.75 Å². The third-order valence-electron chi connectivity index (χ3n) is 2.91. The average molecular weight is 288 g/mol. The second kappa shape index (κ2) is 4.72. The van der Waals surface area contributed by atoms with Gasteiger partial charge in [-0.15, -0.1) is 0 Å². The van der Waals surface area contributed by atoms with Crippen LogP contribution < -0.4 is 10.1 Å². The molecule has 0 saturated carbocycles. The molecule has 88 valence electrons. The smallest absolute Gasteiger partial charge is 0.166 e. The first-order valence-electron chi connectivity index (χ1n) is 5.44. The van der Waals surface area contributed by atoms with Crippen LogP contribution in [0.15, 0.2) is 22.7 Å². The molecule has 16 heavy (non-hydrogen) atoms. The van der Waals surface area contributed by atoms with Crippen LogP contribution in [-0.4, -0.2) is 18.7 Å². The largest absolute Gasteiger partial charge is 0.484 e. The van der Waals surface area contributed by atoms with Crippen molar-refractivity contribution in [3.8, 4) is 5.75 Å². The highest BCUT2D eigenvalue weighted by molar-refractivity contribution is 9.10. The van der Waals surface area contributed by atoms with Crippen molar-refractivity contribution in [2.75, 3.05) is 13.1 Å². The lowest BCUT2D eigenvalue weighted by molar-refractivity contribution is 0.0514. The summed E-state index contributed by atoms with van der Waals surface area (Å²) >= 11 is 3.23. The molecule has 2 nitrogen and oxygen atoms in total. The van der Waals surface area contributed by atoms with E-state index in [4.69, 9.17) is 4.74 Å². The van der Waals surface area contributed by atoms with E-state index in [0.717, 1.165) is 30.4 Å². The van der Waals surface area contributed by atoms with Gasteiger partial charge in [-0.1, -0.05) is 15.9 Å². The second-order valence-corrected chi connectivity index (χ2v) is 5.29. The molecule has 0 unspecified atom stereocenters. The Morgan fingerprint density at radius 1 is 1.38 bits per heavy atom. The zero-order valence-corrected chi connectivity index (χ0v) is 10.8. The van der Waals surface area contributed by atoms with Crippen molar-refractivity contribution in [3.63, 3.8) is 0 Å². The molecule has 1 aromatic carbocycles. The Hall–Kier alpha value is -0.610. The van der Waals surface area contributed by atoms with Crippen molar-refractivity contribution < 1.29 is 9.13 Å². The van der Waals surface area contributed by atoms with Gasteiger partial charge in [-0.3, -0.25) is 0 Å². The fraction of sp³-hybridized carbons (Fsp3) is 0.500. The van der Waals surface area contributed by atoms with Crippen molar-refractivity contribution in [1.82, 2.24) is 5.32 Å². The predicted octanol–water partition coefficient (Wildman–Crippen LogP) is 3.11. The Kier molecular flexibility index (Phi) is 3.50. The molecular weight excluding hydrogens is 273 g/mol. The monoisotopic (exact) mass is 287 g/mol. The molecule has 0 radical (unpaired) electrons. The van der Waals surface area contributed by atoms with Crippen LogP contribution in [0, 0.1) is 5.82 Å². The number of benzene rings is 1. The molecule has 0 bridgehead atoms. The molecular formula is C12H15BrFNO. The minimum absolute atomic E-state index is 0.250. The highest BCUT2D eigenvalue weighted by Crippen LogP contribution is 2.29. The third kappa shape index (κ3) is 2.74. The first-order valence-corrected chi connectivity index (χ1v) is 6.23. The molecule has 4 heteroatoms. The van der Waals surface area contributed by atoms with Crippen molar-refractivity contribution in [3.05, 3.63) is 28.5 Å². The molecule has 0 amide bonds. The number of rotatable bonds is 2. The number of piperidine rings is 1. The second-order valence-electron chi connectivity index (χ2n) is 4.38. The first kappa shape index (κ1) is 11.9. The maximum absolute atomic E-state index is 13.6. The Labute approximate surface area is 103 Å². The van der Waals surface area contributed by atoms with Crippen LogP contribution in [0.5, 0.6) is 5.75 Å². The normalized spacial score (nSPS) is 19.4. The summed E-state index contributed by atoms with van der Waals surface area (Å²) in [7, 11) is 0. The molecule has 2 rings (SSSR count). The van der Waals surface area contributed by atoms with E-state index >= 15 is 0 Å². The van der Waals surface area contributed by atoms with Gasteiger partial charge in [-0.2, -0.15) is 0 Å². The summed E-state index contributed by atoms with van der Waals surface area (Å²) in [5, 5.41) is 3.27. The molecule has 0 aromatic heterocycles. The number of halogens is 2. The summed E-state index contributed by atoms with van der Waals surface area (Å²) in [6.07, 6.45) is 1.81. The molecule has 1 aliphatic rings. The Bertz CT molecular complexity index is 377. The van der Waals surface area contributed by atoms with Gasteiger partial charge in [0.15, 0.2) is 11.6 Å². The van der Waals surface area contributed by atoms with Crippen LogP contribution in [0.2, 0.25) is 0 Å². The Morgan fingerprint density at radius 2 is 2.06 bits per heavy atom. The highest BCUT2D eigenvalue weighted by atomic mass is 79.9. The summed E-state index contributed by atoms with van der Waals surface area (Å²) in [5.41, 5.74) is -0.250. The van der Waals surface area contributed by atoms with Gasteiger partial charge in [-0.05, 0) is 51.1 Å². The summed E-state index contributed by atoms with van der Waals surface area (Å²) < 4.78 is 20.1. The molecule has 0 spiro atoms. The standard InChI is InChI=1S/C12H15BrFNO/c1-12(4-6-15-7-5-12)16-11-3-2-9(13)8-10(11)14/h2-3,8,15H,4-7H2,1H3. The van der Waals surface area contributed by atoms with Gasteiger partial charge in [0.1, 0.15) is 5.60 Å². The van der Waals surface area contributed by atoms with Crippen LogP contribution in [-0.2, 0) is 0 Å². The lowest BCUT2D eigenvalue weighted by atomic mass is 9.94. The van der Waals surface area contributed by atoms with E-state index in [1.165, 1.54) is 6.07 Å². The van der Waals surface area contributed by atoms with Gasteiger partial charge in [-0.25, -0.2) is 4.39 Å². The van der Waals surface area contributed by atoms with E-state index in [-0.39, 0.29) is 11.4 Å². The average Bonchev–Trinajstić information content (AvgIpc) is 2.23. The SMILES string of the molecule is CC1(Oc2ccc(Br)cc2F)CCNCC1. The number of hydrogen-bond donors (Lipinski definition) is 1. The fourth-order valence-corrected chi connectivity index (χ4v) is 2.21. The van der Waals surface area contributed by atoms with E-state index in [9.17, 15) is 4.39 Å². The van der Waals surface area contributed by atoms with Crippen molar-refractivity contribution >= 4 is 15.9 Å². The lowest BCUT2D eigenvalue weighted by Gasteiger charge is -2.34. The summed E-state index contributed by atoms with van der Waals surface area (Å²) in [4.78, 5) is 0. The quantitative estimate of drug-likeness (QED) is 0.903. The molecule has 1 heterocycles. The Balaban J connectivity index is 2.13. The van der Waals surface area contributed by atoms with Crippen molar-refractivity contribution in [2.45, 2.75) is 25.4 Å². The van der Waals surface area contributed by atoms with Gasteiger partial charge in [0, 0.05) is 4.47 Å². The highest BCUT2D eigenvalue weighted by Gasteiger charge is 2.29. The van der Waals surface area contributed by atoms with E-state index in [1.54, 1.807) is 12.1 Å². The van der Waals surface area contributed by atoms with Gasteiger partial charge < -0.3 is 10.1 Å². The summed E-state index contributed by atoms with van der Waals surface area (Å²) in [5.74, 6) is 0.0294. The third-order valence-corrected chi connectivity index (χ3v) is 3.40. The molecule has 1 saturated heterocycles.